The molecule has 12 heteroatoms. The fourth-order valence-electron chi connectivity index (χ4n) is 4.55. The summed E-state index contributed by atoms with van der Waals surface area (Å²) in [6.45, 7) is 0. The summed E-state index contributed by atoms with van der Waals surface area (Å²) >= 11 is 50.2. The minimum atomic E-state index is -0.768. The number of rotatable bonds is 12. The summed E-state index contributed by atoms with van der Waals surface area (Å²) in [5.41, 5.74) is -0.768. The minimum Gasteiger partial charge on any atom is -0.161 e. The van der Waals surface area contributed by atoms with E-state index < -0.39 is 21.7 Å². The molecule has 0 aromatic carbocycles. The molecule has 0 nitrogen and oxygen atoms in total. The molecule has 0 aromatic heterocycles. The number of thiol groups is 8. The Morgan fingerprint density at radius 1 is 0.448 bits per heavy atom. The molecule has 4 atom stereocenters. The highest BCUT2D eigenvalue weighted by Crippen LogP contribution is 2.75. The number of hydrogen-bond acceptors (Lipinski definition) is 12. The molecule has 4 fully saturated rings. The maximum Gasteiger partial charge on any atom is 0.0682 e. The Balaban J connectivity index is 1.84. The summed E-state index contributed by atoms with van der Waals surface area (Å²) in [5, 5.41) is 2.21. The van der Waals surface area contributed by atoms with Gasteiger partial charge in [-0.2, -0.15) is 148 Å². The van der Waals surface area contributed by atoms with E-state index >= 15 is 0 Å². The fraction of sp³-hybridized carbons (Fsp3) is 1.00. The molecule has 0 aromatic rings. The molecule has 0 saturated carbocycles. The van der Waals surface area contributed by atoms with Crippen molar-refractivity contribution < 1.29 is 0 Å². The molecule has 4 heterocycles. The van der Waals surface area contributed by atoms with E-state index in [9.17, 15) is 0 Å². The SMILES string of the molecule is SC(S)(CC1CS1)C(C(S)(S)CC1CS1)(C(S)(S)CC1CS1)C(S)(S)CC1CS1. The van der Waals surface area contributed by atoms with Gasteiger partial charge < -0.3 is 0 Å². The van der Waals surface area contributed by atoms with Crippen molar-refractivity contribution in [1.82, 2.24) is 0 Å². The van der Waals surface area contributed by atoms with Gasteiger partial charge in [0.1, 0.15) is 0 Å². The van der Waals surface area contributed by atoms with Gasteiger partial charge in [0, 0.05) is 44.0 Å². The van der Waals surface area contributed by atoms with E-state index in [4.69, 9.17) is 101 Å². The molecular formula is C17H28S12. The van der Waals surface area contributed by atoms with Crippen LogP contribution < -0.4 is 0 Å². The molecule has 0 spiro atoms. The van der Waals surface area contributed by atoms with Gasteiger partial charge in [-0.25, -0.2) is 0 Å². The Hall–Kier alpha value is 4.20. The summed E-state index contributed by atoms with van der Waals surface area (Å²) in [6.07, 6.45) is 3.36. The monoisotopic (exact) mass is 616 g/mol. The van der Waals surface area contributed by atoms with E-state index in [1.165, 1.54) is 0 Å². The third-order valence-electron chi connectivity index (χ3n) is 6.06. The van der Waals surface area contributed by atoms with Crippen molar-refractivity contribution in [1.29, 1.82) is 0 Å². The smallest absolute Gasteiger partial charge is 0.0682 e. The molecule has 0 aliphatic carbocycles. The van der Waals surface area contributed by atoms with Gasteiger partial charge in [0.2, 0.25) is 0 Å². The highest BCUT2D eigenvalue weighted by atomic mass is 32.2. The average Bonchev–Trinajstić information content (AvgIpc) is 3.35. The van der Waals surface area contributed by atoms with Crippen LogP contribution in [0.3, 0.4) is 0 Å². The van der Waals surface area contributed by atoms with Crippen LogP contribution >= 0.6 is 148 Å². The normalized spacial score (nSPS) is 33.9. The zero-order valence-corrected chi connectivity index (χ0v) is 26.1. The fourth-order valence-corrected chi connectivity index (χ4v) is 16.5. The predicted octanol–water partition coefficient (Wildman–Crippen LogP) is 6.22. The Labute approximate surface area is 236 Å². The van der Waals surface area contributed by atoms with Gasteiger partial charge in [-0.05, 0) is 25.7 Å². The van der Waals surface area contributed by atoms with Crippen LogP contribution in [0, 0.1) is 5.41 Å². The van der Waals surface area contributed by atoms with E-state index in [0.29, 0.717) is 21.0 Å². The van der Waals surface area contributed by atoms with Crippen molar-refractivity contribution in [2.45, 2.75) is 63.0 Å². The van der Waals surface area contributed by atoms with Crippen molar-refractivity contribution in [2.24, 2.45) is 5.41 Å². The molecular weight excluding hydrogens is 589 g/mol. The molecule has 0 N–H and O–H groups in total. The van der Waals surface area contributed by atoms with Gasteiger partial charge >= 0.3 is 0 Å². The molecule has 4 saturated heterocycles. The molecule has 29 heavy (non-hydrogen) atoms. The second-order valence-corrected chi connectivity index (χ2v) is 21.5. The average molecular weight is 617 g/mol. The summed E-state index contributed by atoms with van der Waals surface area (Å²) in [6, 6.07) is 0. The first-order chi connectivity index (χ1) is 13.3. The lowest BCUT2D eigenvalue weighted by Gasteiger charge is -2.66. The lowest BCUT2D eigenvalue weighted by atomic mass is 9.67. The van der Waals surface area contributed by atoms with Crippen LogP contribution in [0.1, 0.15) is 25.7 Å². The Kier molecular flexibility index (Phi) is 8.38. The van der Waals surface area contributed by atoms with Gasteiger partial charge in [0.05, 0.1) is 21.7 Å². The van der Waals surface area contributed by atoms with Crippen molar-refractivity contribution >= 4 is 148 Å². The molecule has 0 bridgehead atoms. The highest BCUT2D eigenvalue weighted by Gasteiger charge is 2.75. The van der Waals surface area contributed by atoms with Crippen LogP contribution in [0.4, 0.5) is 0 Å². The van der Waals surface area contributed by atoms with Crippen molar-refractivity contribution in [2.75, 3.05) is 23.0 Å². The maximum atomic E-state index is 5.29. The molecule has 168 valence electrons. The Bertz CT molecular complexity index is 506. The number of hydrogen-bond donors (Lipinski definition) is 8. The topological polar surface area (TPSA) is 0 Å². The van der Waals surface area contributed by atoms with Gasteiger partial charge in [-0.15, -0.1) is 0 Å². The first-order valence-electron chi connectivity index (χ1n) is 9.57. The predicted molar refractivity (Wildman–Crippen MR) is 169 cm³/mol. The zero-order valence-electron chi connectivity index (χ0n) is 15.7. The number of thioether (sulfide) groups is 4. The van der Waals surface area contributed by atoms with E-state index in [2.05, 4.69) is 0 Å². The maximum absolute atomic E-state index is 5.29. The van der Waals surface area contributed by atoms with Gasteiger partial charge in [0.25, 0.3) is 0 Å². The quantitative estimate of drug-likeness (QED) is 0.0745. The molecule has 0 amide bonds. The third-order valence-corrected chi connectivity index (χ3v) is 14.1. The largest absolute Gasteiger partial charge is 0.161 e. The van der Waals surface area contributed by atoms with Crippen LogP contribution in [-0.4, -0.2) is 60.3 Å². The van der Waals surface area contributed by atoms with Crippen LogP contribution in [0.2, 0.25) is 0 Å². The van der Waals surface area contributed by atoms with Gasteiger partial charge in [-0.1, -0.05) is 0 Å². The first-order valence-corrected chi connectivity index (χ1v) is 17.3. The summed E-state index contributed by atoms with van der Waals surface area (Å²) in [7, 11) is 0. The standard InChI is InChI=1S/C17H28S12/c18-13(19,1-9-5-26-9)17(14(20,21)2-10-6-27-10,15(22,23)3-11-7-28-11)16(24,25)4-12-8-29-12/h9-12,18-25H,1-8H2. The molecule has 4 rings (SSSR count). The van der Waals surface area contributed by atoms with Crippen LogP contribution in [-0.2, 0) is 0 Å². The van der Waals surface area contributed by atoms with E-state index in [0.717, 1.165) is 48.7 Å². The lowest BCUT2D eigenvalue weighted by Crippen LogP contribution is -2.70. The molecule has 4 aliphatic heterocycles. The minimum absolute atomic E-state index is 0.553. The summed E-state index contributed by atoms with van der Waals surface area (Å²) in [4.78, 5) is 0. The highest BCUT2D eigenvalue weighted by molar-refractivity contribution is 8.09. The molecule has 0 radical (unpaired) electrons. The van der Waals surface area contributed by atoms with E-state index in [1.807, 2.05) is 47.0 Å². The van der Waals surface area contributed by atoms with Crippen molar-refractivity contribution in [3.05, 3.63) is 0 Å². The third kappa shape index (κ3) is 5.63. The van der Waals surface area contributed by atoms with E-state index in [-0.39, 0.29) is 0 Å². The van der Waals surface area contributed by atoms with Crippen LogP contribution in [0.15, 0.2) is 0 Å². The van der Waals surface area contributed by atoms with Gasteiger partial charge in [0.15, 0.2) is 0 Å². The lowest BCUT2D eigenvalue weighted by molar-refractivity contribution is 0.165. The van der Waals surface area contributed by atoms with Crippen molar-refractivity contribution in [3.63, 3.8) is 0 Å². The van der Waals surface area contributed by atoms with Crippen LogP contribution in [0.5, 0.6) is 0 Å². The van der Waals surface area contributed by atoms with E-state index in [1.54, 1.807) is 0 Å². The van der Waals surface area contributed by atoms with Gasteiger partial charge in [-0.3, -0.25) is 0 Å². The Morgan fingerprint density at radius 3 is 0.759 bits per heavy atom. The van der Waals surface area contributed by atoms with Crippen LogP contribution in [0.25, 0.3) is 0 Å². The van der Waals surface area contributed by atoms with Crippen molar-refractivity contribution in [3.8, 4) is 0 Å². The zero-order chi connectivity index (χ0) is 21.3. The second-order valence-electron chi connectivity index (χ2n) is 8.65. The second kappa shape index (κ2) is 9.25. The summed E-state index contributed by atoms with van der Waals surface area (Å²) in [5.74, 6) is 4.61. The molecule has 4 unspecified atom stereocenters. The Morgan fingerprint density at radius 2 is 0.621 bits per heavy atom. The molecule has 4 aliphatic rings. The summed E-state index contributed by atoms with van der Waals surface area (Å²) < 4.78 is -2.90. The first kappa shape index (κ1) is 26.3.